The predicted molar refractivity (Wildman–Crippen MR) is 120 cm³/mol. The van der Waals surface area contributed by atoms with E-state index in [0.717, 1.165) is 5.56 Å². The van der Waals surface area contributed by atoms with E-state index in [1.54, 1.807) is 36.1 Å². The van der Waals surface area contributed by atoms with Gasteiger partial charge in [0.2, 0.25) is 0 Å². The van der Waals surface area contributed by atoms with Gasteiger partial charge in [-0.2, -0.15) is 5.90 Å². The van der Waals surface area contributed by atoms with Crippen molar-refractivity contribution in [3.05, 3.63) is 58.1 Å². The van der Waals surface area contributed by atoms with Crippen molar-refractivity contribution in [2.24, 2.45) is 10.9 Å². The number of nitrogens with one attached hydrogen (secondary N) is 1. The zero-order valence-electron chi connectivity index (χ0n) is 17.1. The van der Waals surface area contributed by atoms with Crippen molar-refractivity contribution < 1.29 is 19.2 Å². The number of amides is 2. The molecule has 8 nitrogen and oxygen atoms in total. The minimum Gasteiger partial charge on any atom is -0.373 e. The fourth-order valence-electron chi connectivity index (χ4n) is 2.87. The van der Waals surface area contributed by atoms with Crippen LogP contribution >= 0.6 is 23.2 Å². The topological polar surface area (TPSA) is 114 Å². The van der Waals surface area contributed by atoms with Gasteiger partial charge in [-0.05, 0) is 37.1 Å². The number of allylic oxidation sites excluding steroid dienone is 3. The van der Waals surface area contributed by atoms with Gasteiger partial charge in [-0.15, -0.1) is 11.6 Å². The average Bonchev–Trinajstić information content (AvgIpc) is 3.12. The van der Waals surface area contributed by atoms with Crippen molar-refractivity contribution in [2.45, 2.75) is 19.8 Å². The van der Waals surface area contributed by atoms with Crippen LogP contribution in [0, 0.1) is 0 Å². The highest BCUT2D eigenvalue weighted by molar-refractivity contribution is 6.47. The fraction of sp³-hybridized carbons (Fsp3) is 0.333. The lowest BCUT2D eigenvalue weighted by molar-refractivity contribution is -0.144. The smallest absolute Gasteiger partial charge is 0.326 e. The van der Waals surface area contributed by atoms with E-state index in [4.69, 9.17) is 29.1 Å². The molecule has 166 valence electrons. The van der Waals surface area contributed by atoms with Crippen molar-refractivity contribution in [1.29, 1.82) is 0 Å². The number of nitrogens with two attached hydrogens (primary N) is 1. The van der Waals surface area contributed by atoms with Crippen LogP contribution in [0.1, 0.15) is 29.3 Å². The Balaban J connectivity index is 1.88. The first-order valence-corrected chi connectivity index (χ1v) is 10.5. The molecule has 10 heteroatoms. The molecule has 0 aliphatic carbocycles. The minimum atomic E-state index is -0.599. The van der Waals surface area contributed by atoms with Crippen LogP contribution < -0.4 is 11.2 Å². The van der Waals surface area contributed by atoms with Crippen LogP contribution in [0.2, 0.25) is 0 Å². The zero-order chi connectivity index (χ0) is 22.8. The number of aliphatic imine (C=N–C) groups is 1. The molecule has 0 atom stereocenters. The number of carbonyl (C=O) groups excluding carboxylic acids is 3. The molecule has 1 heterocycles. The second kappa shape index (κ2) is 12.2. The van der Waals surface area contributed by atoms with E-state index in [1.165, 1.54) is 0 Å². The Hall–Kier alpha value is -2.68. The highest BCUT2D eigenvalue weighted by Gasteiger charge is 2.27. The Morgan fingerprint density at radius 1 is 1.32 bits per heavy atom. The van der Waals surface area contributed by atoms with E-state index in [0.29, 0.717) is 34.8 Å². The number of hydrogen-bond acceptors (Lipinski definition) is 6. The third-order valence-corrected chi connectivity index (χ3v) is 4.71. The third kappa shape index (κ3) is 7.50. The summed E-state index contributed by atoms with van der Waals surface area (Å²) in [7, 11) is 0. The summed E-state index contributed by atoms with van der Waals surface area (Å²) in [6.45, 7) is 2.61. The largest absolute Gasteiger partial charge is 0.373 e. The Morgan fingerprint density at radius 2 is 2.03 bits per heavy atom. The quantitative estimate of drug-likeness (QED) is 0.312. The summed E-state index contributed by atoms with van der Waals surface area (Å²) in [6, 6.07) is 7.03. The standard InChI is InChI=1S/C21H24Cl2N4O4/c1-14(23)12-17(6-9-22)19-21(30)27(13-26-19)11-8-15-2-4-16(5-3-15)20(29)25-10-7-18(28)31-24/h2-6,12H,7-11,13,24H2,1H3,(H,25,29)/b14-12+,17-6+. The van der Waals surface area contributed by atoms with E-state index in [2.05, 4.69) is 15.1 Å². The number of alkyl halides is 1. The van der Waals surface area contributed by atoms with Gasteiger partial charge in [0.1, 0.15) is 12.4 Å². The zero-order valence-corrected chi connectivity index (χ0v) is 18.6. The first-order valence-electron chi connectivity index (χ1n) is 9.56. The number of carbonyl (C=O) groups is 3. The van der Waals surface area contributed by atoms with E-state index in [9.17, 15) is 14.4 Å². The summed E-state index contributed by atoms with van der Waals surface area (Å²) >= 11 is 11.7. The minimum absolute atomic E-state index is 0.00368. The molecule has 1 aliphatic rings. The van der Waals surface area contributed by atoms with Crippen molar-refractivity contribution in [1.82, 2.24) is 10.2 Å². The molecule has 0 spiro atoms. The van der Waals surface area contributed by atoms with Gasteiger partial charge in [0.15, 0.2) is 0 Å². The summed E-state index contributed by atoms with van der Waals surface area (Å²) in [5.74, 6) is 3.92. The van der Waals surface area contributed by atoms with Crippen LogP contribution in [-0.2, 0) is 20.8 Å². The van der Waals surface area contributed by atoms with Crippen LogP contribution in [0.15, 0.2) is 52.0 Å². The molecule has 0 fully saturated rings. The van der Waals surface area contributed by atoms with Gasteiger partial charge in [0.05, 0.1) is 6.42 Å². The molecule has 1 aliphatic heterocycles. The monoisotopic (exact) mass is 466 g/mol. The van der Waals surface area contributed by atoms with Gasteiger partial charge in [0, 0.05) is 35.1 Å². The highest BCUT2D eigenvalue weighted by atomic mass is 35.5. The maximum atomic E-state index is 12.7. The molecule has 0 saturated heterocycles. The molecule has 0 bridgehead atoms. The molecule has 0 saturated carbocycles. The Bertz CT molecular complexity index is 906. The molecule has 3 N–H and O–H groups in total. The van der Waals surface area contributed by atoms with Crippen LogP contribution in [0.3, 0.4) is 0 Å². The first-order chi connectivity index (χ1) is 14.8. The fourth-order valence-corrected chi connectivity index (χ4v) is 3.16. The second-order valence-electron chi connectivity index (χ2n) is 6.70. The molecule has 31 heavy (non-hydrogen) atoms. The molecule has 0 unspecified atom stereocenters. The van der Waals surface area contributed by atoms with Gasteiger partial charge in [-0.25, -0.2) is 0 Å². The van der Waals surface area contributed by atoms with Crippen molar-refractivity contribution >= 4 is 46.7 Å². The molecule has 2 amide bonds. The van der Waals surface area contributed by atoms with E-state index in [-0.39, 0.29) is 37.3 Å². The van der Waals surface area contributed by atoms with E-state index < -0.39 is 5.97 Å². The molecule has 1 aromatic rings. The van der Waals surface area contributed by atoms with E-state index in [1.807, 2.05) is 12.1 Å². The van der Waals surface area contributed by atoms with Crippen LogP contribution in [0.25, 0.3) is 0 Å². The molecular formula is C21H24Cl2N4O4. The summed E-state index contributed by atoms with van der Waals surface area (Å²) in [6.07, 6.45) is 3.98. The molecule has 2 rings (SSSR count). The summed E-state index contributed by atoms with van der Waals surface area (Å²) in [5.41, 5.74) is 2.40. The summed E-state index contributed by atoms with van der Waals surface area (Å²) in [4.78, 5) is 45.7. The predicted octanol–water partition coefficient (Wildman–Crippen LogP) is 2.31. The summed E-state index contributed by atoms with van der Waals surface area (Å²) in [5, 5.41) is 3.15. The lowest BCUT2D eigenvalue weighted by Gasteiger charge is -2.15. The third-order valence-electron chi connectivity index (χ3n) is 4.45. The van der Waals surface area contributed by atoms with Crippen LogP contribution in [0.4, 0.5) is 0 Å². The van der Waals surface area contributed by atoms with Gasteiger partial charge in [-0.1, -0.05) is 29.8 Å². The molecule has 1 aromatic carbocycles. The van der Waals surface area contributed by atoms with Crippen LogP contribution in [0.5, 0.6) is 0 Å². The Morgan fingerprint density at radius 3 is 2.65 bits per heavy atom. The maximum Gasteiger partial charge on any atom is 0.326 e. The molecule has 0 radical (unpaired) electrons. The van der Waals surface area contributed by atoms with E-state index >= 15 is 0 Å². The lowest BCUT2D eigenvalue weighted by Crippen LogP contribution is -2.32. The number of halogens is 2. The van der Waals surface area contributed by atoms with Gasteiger partial charge in [-0.3, -0.25) is 19.4 Å². The van der Waals surface area contributed by atoms with Crippen molar-refractivity contribution in [3.8, 4) is 0 Å². The van der Waals surface area contributed by atoms with Crippen molar-refractivity contribution in [2.75, 3.05) is 25.6 Å². The normalized spacial score (nSPS) is 14.5. The highest BCUT2D eigenvalue weighted by Crippen LogP contribution is 2.16. The number of nitrogens with zero attached hydrogens (tertiary/aromatic N) is 2. The molecular weight excluding hydrogens is 443 g/mol. The number of benzene rings is 1. The Labute approximate surface area is 190 Å². The second-order valence-corrected chi connectivity index (χ2v) is 7.61. The van der Waals surface area contributed by atoms with Gasteiger partial charge >= 0.3 is 5.97 Å². The van der Waals surface area contributed by atoms with Gasteiger partial charge < -0.3 is 15.1 Å². The average molecular weight is 467 g/mol. The number of hydrogen-bond donors (Lipinski definition) is 2. The maximum absolute atomic E-state index is 12.7. The van der Waals surface area contributed by atoms with Crippen molar-refractivity contribution in [3.63, 3.8) is 0 Å². The Kier molecular flexibility index (Phi) is 9.71. The first kappa shape index (κ1) is 24.6. The van der Waals surface area contributed by atoms with Gasteiger partial charge in [0.25, 0.3) is 11.8 Å². The SMILES string of the molecule is C/C(Cl)=C\C(=C/CCl)C1=NCN(CCc2ccc(C(=O)NCCC(=O)ON)cc2)C1=O. The number of rotatable bonds is 10. The van der Waals surface area contributed by atoms with Crippen LogP contribution in [-0.4, -0.2) is 54.0 Å². The molecule has 0 aromatic heterocycles. The summed E-state index contributed by atoms with van der Waals surface area (Å²) < 4.78 is 0. The lowest BCUT2D eigenvalue weighted by atomic mass is 10.1.